The Labute approximate surface area is 131 Å². The lowest BCUT2D eigenvalue weighted by Crippen LogP contribution is -2.17. The van der Waals surface area contributed by atoms with Gasteiger partial charge in [-0.1, -0.05) is 0 Å². The van der Waals surface area contributed by atoms with Gasteiger partial charge in [0.25, 0.3) is 0 Å². The predicted octanol–water partition coefficient (Wildman–Crippen LogP) is 1.81. The van der Waals surface area contributed by atoms with Crippen LogP contribution in [0, 0.1) is 30.9 Å². The summed E-state index contributed by atoms with van der Waals surface area (Å²) in [4.78, 5) is 14.9. The molecule has 0 radical (unpaired) electrons. The maximum Gasteiger partial charge on any atom is 0.353 e. The highest BCUT2D eigenvalue weighted by Crippen LogP contribution is 2.32. The van der Waals surface area contributed by atoms with Gasteiger partial charge in [0.05, 0.1) is 22.9 Å². The van der Waals surface area contributed by atoms with Gasteiger partial charge in [0, 0.05) is 5.69 Å². The Kier molecular flexibility index (Phi) is 4.89. The fourth-order valence-electron chi connectivity index (χ4n) is 2.14. The van der Waals surface area contributed by atoms with Crippen molar-refractivity contribution in [2.75, 3.05) is 13.2 Å². The summed E-state index contributed by atoms with van der Waals surface area (Å²) in [6.45, 7) is 3.88. The fraction of sp³-hybridized carbons (Fsp3) is 0.429. The molecular weight excluding hydrogens is 307 g/mol. The number of halogens is 1. The first-order chi connectivity index (χ1) is 10.8. The smallest absolute Gasteiger partial charge is 0.353 e. The van der Waals surface area contributed by atoms with Gasteiger partial charge in [-0.05, 0) is 32.9 Å². The second-order valence-corrected chi connectivity index (χ2v) is 5.06. The SMILES string of the molecule is Cc1ccc(-n2nc(OC[C@@H](F)CO)c([N+](=O)[O-])c2C)c(C)n1. The standard InChI is InChI=1S/C14H17FN4O4/c1-8-4-5-12(9(2)16-8)18-10(3)13(19(21)22)14(17-18)23-7-11(15)6-20/h4-5,11,20H,6-7H2,1-3H3/t11-/m0/s1. The molecule has 124 valence electrons. The zero-order valence-corrected chi connectivity index (χ0v) is 13.0. The molecule has 2 heterocycles. The van der Waals surface area contributed by atoms with E-state index in [0.717, 1.165) is 5.69 Å². The van der Waals surface area contributed by atoms with Gasteiger partial charge in [-0.25, -0.2) is 9.07 Å². The molecular formula is C14H17FN4O4. The Balaban J connectivity index is 2.47. The molecule has 2 aromatic heterocycles. The summed E-state index contributed by atoms with van der Waals surface area (Å²) >= 11 is 0. The van der Waals surface area contributed by atoms with E-state index >= 15 is 0 Å². The van der Waals surface area contributed by atoms with Crippen LogP contribution in [0.5, 0.6) is 5.88 Å². The summed E-state index contributed by atoms with van der Waals surface area (Å²) in [5, 5.41) is 24.0. The van der Waals surface area contributed by atoms with Crippen molar-refractivity contribution in [2.45, 2.75) is 26.9 Å². The molecule has 0 fully saturated rings. The molecule has 0 unspecified atom stereocenters. The molecule has 2 rings (SSSR count). The second kappa shape index (κ2) is 6.69. The topological polar surface area (TPSA) is 103 Å². The van der Waals surface area contributed by atoms with Gasteiger partial charge in [0.1, 0.15) is 12.3 Å². The fourth-order valence-corrected chi connectivity index (χ4v) is 2.14. The Morgan fingerprint density at radius 3 is 2.70 bits per heavy atom. The van der Waals surface area contributed by atoms with Crippen LogP contribution in [-0.4, -0.2) is 44.2 Å². The van der Waals surface area contributed by atoms with Gasteiger partial charge in [-0.2, -0.15) is 0 Å². The molecule has 0 aliphatic rings. The minimum absolute atomic E-state index is 0.248. The highest BCUT2D eigenvalue weighted by molar-refractivity contribution is 5.50. The van der Waals surface area contributed by atoms with Crippen LogP contribution in [0.25, 0.3) is 5.69 Å². The summed E-state index contributed by atoms with van der Waals surface area (Å²) in [5.74, 6) is -0.288. The first-order valence-electron chi connectivity index (χ1n) is 6.91. The number of aromatic nitrogens is 3. The average molecular weight is 324 g/mol. The highest BCUT2D eigenvalue weighted by atomic mass is 19.1. The molecule has 0 saturated heterocycles. The van der Waals surface area contributed by atoms with Crippen LogP contribution in [0.2, 0.25) is 0 Å². The lowest BCUT2D eigenvalue weighted by molar-refractivity contribution is -0.386. The average Bonchev–Trinajstić information content (AvgIpc) is 2.81. The summed E-state index contributed by atoms with van der Waals surface area (Å²) in [6.07, 6.45) is -1.64. The quantitative estimate of drug-likeness (QED) is 0.642. The van der Waals surface area contributed by atoms with E-state index in [1.807, 2.05) is 6.92 Å². The largest absolute Gasteiger partial charge is 0.469 e. The molecule has 0 bridgehead atoms. The number of pyridine rings is 1. The van der Waals surface area contributed by atoms with Gasteiger partial charge in [-0.3, -0.25) is 15.1 Å². The number of nitrogens with zero attached hydrogens (tertiary/aromatic N) is 4. The van der Waals surface area contributed by atoms with Crippen molar-refractivity contribution in [1.82, 2.24) is 14.8 Å². The van der Waals surface area contributed by atoms with Gasteiger partial charge >= 0.3 is 11.6 Å². The van der Waals surface area contributed by atoms with E-state index in [1.54, 1.807) is 19.1 Å². The highest BCUT2D eigenvalue weighted by Gasteiger charge is 2.28. The molecule has 1 atom stereocenters. The summed E-state index contributed by atoms with van der Waals surface area (Å²) in [5.41, 5.74) is 1.94. The number of aliphatic hydroxyl groups is 1. The number of hydrogen-bond acceptors (Lipinski definition) is 6. The third-order valence-electron chi connectivity index (χ3n) is 3.26. The first kappa shape index (κ1) is 16.8. The van der Waals surface area contributed by atoms with E-state index < -0.39 is 24.3 Å². The minimum Gasteiger partial charge on any atom is -0.469 e. The van der Waals surface area contributed by atoms with Crippen LogP contribution >= 0.6 is 0 Å². The molecule has 0 saturated carbocycles. The molecule has 0 amide bonds. The van der Waals surface area contributed by atoms with Crippen molar-refractivity contribution in [1.29, 1.82) is 0 Å². The van der Waals surface area contributed by atoms with Crippen LogP contribution in [0.1, 0.15) is 17.1 Å². The van der Waals surface area contributed by atoms with Crippen molar-refractivity contribution in [3.63, 3.8) is 0 Å². The number of ether oxygens (including phenoxy) is 1. The lowest BCUT2D eigenvalue weighted by Gasteiger charge is -2.07. The lowest BCUT2D eigenvalue weighted by atomic mass is 10.2. The second-order valence-electron chi connectivity index (χ2n) is 5.06. The Morgan fingerprint density at radius 2 is 2.13 bits per heavy atom. The van der Waals surface area contributed by atoms with Crippen molar-refractivity contribution < 1.29 is 19.2 Å². The molecule has 0 aliphatic heterocycles. The molecule has 0 aromatic carbocycles. The van der Waals surface area contributed by atoms with E-state index in [4.69, 9.17) is 9.84 Å². The van der Waals surface area contributed by atoms with Crippen LogP contribution in [0.4, 0.5) is 10.1 Å². The Bertz CT molecular complexity index is 732. The monoisotopic (exact) mass is 324 g/mol. The number of hydrogen-bond donors (Lipinski definition) is 1. The molecule has 8 nitrogen and oxygen atoms in total. The minimum atomic E-state index is -1.64. The van der Waals surface area contributed by atoms with Crippen molar-refractivity contribution in [3.05, 3.63) is 39.3 Å². The number of alkyl halides is 1. The third-order valence-corrected chi connectivity index (χ3v) is 3.26. The van der Waals surface area contributed by atoms with Crippen LogP contribution in [0.3, 0.4) is 0 Å². The van der Waals surface area contributed by atoms with E-state index in [-0.39, 0.29) is 17.3 Å². The summed E-state index contributed by atoms with van der Waals surface area (Å²) in [6, 6.07) is 3.51. The van der Waals surface area contributed by atoms with E-state index in [9.17, 15) is 14.5 Å². The van der Waals surface area contributed by atoms with E-state index in [0.29, 0.717) is 11.4 Å². The van der Waals surface area contributed by atoms with E-state index in [2.05, 4.69) is 10.1 Å². The zero-order valence-electron chi connectivity index (χ0n) is 13.0. The normalized spacial score (nSPS) is 12.2. The maximum atomic E-state index is 13.1. The van der Waals surface area contributed by atoms with Crippen molar-refractivity contribution in [2.24, 2.45) is 0 Å². The van der Waals surface area contributed by atoms with Crippen LogP contribution < -0.4 is 4.74 Å². The molecule has 0 aliphatic carbocycles. The molecule has 1 N–H and O–H groups in total. The van der Waals surface area contributed by atoms with Gasteiger partial charge < -0.3 is 9.84 Å². The van der Waals surface area contributed by atoms with Gasteiger partial charge in [0.2, 0.25) is 0 Å². The molecule has 9 heteroatoms. The number of rotatable bonds is 6. The van der Waals surface area contributed by atoms with E-state index in [1.165, 1.54) is 11.6 Å². The van der Waals surface area contributed by atoms with Crippen LogP contribution in [-0.2, 0) is 0 Å². The predicted molar refractivity (Wildman–Crippen MR) is 79.7 cm³/mol. The molecule has 2 aromatic rings. The summed E-state index contributed by atoms with van der Waals surface area (Å²) < 4.78 is 19.5. The zero-order chi connectivity index (χ0) is 17.1. The number of aryl methyl sites for hydroxylation is 2. The maximum absolute atomic E-state index is 13.1. The number of nitro groups is 1. The number of aliphatic hydroxyl groups excluding tert-OH is 1. The molecule has 23 heavy (non-hydrogen) atoms. The first-order valence-corrected chi connectivity index (χ1v) is 6.91. The van der Waals surface area contributed by atoms with Crippen molar-refractivity contribution in [3.8, 4) is 11.6 Å². The van der Waals surface area contributed by atoms with Crippen LogP contribution in [0.15, 0.2) is 12.1 Å². The third kappa shape index (κ3) is 3.45. The Morgan fingerprint density at radius 1 is 1.43 bits per heavy atom. The van der Waals surface area contributed by atoms with Gasteiger partial charge in [0.15, 0.2) is 6.17 Å². The molecule has 0 spiro atoms. The van der Waals surface area contributed by atoms with Gasteiger partial charge in [-0.15, -0.1) is 5.10 Å². The van der Waals surface area contributed by atoms with Crippen molar-refractivity contribution >= 4 is 5.69 Å². The summed E-state index contributed by atoms with van der Waals surface area (Å²) in [7, 11) is 0. The Hall–Kier alpha value is -2.55.